The second kappa shape index (κ2) is 5.31. The molecule has 0 spiro atoms. The number of hydrogen-bond acceptors (Lipinski definition) is 1. The van der Waals surface area contributed by atoms with Crippen LogP contribution in [0.25, 0.3) is 21.5 Å². The molecule has 1 aliphatic carbocycles. The number of rotatable bonds is 2. The van der Waals surface area contributed by atoms with Gasteiger partial charge in [0.05, 0.1) is 0 Å². The zero-order valence-corrected chi connectivity index (χ0v) is 13.2. The molecular formula is C21H23N. The monoisotopic (exact) mass is 289 g/mol. The predicted molar refractivity (Wildman–Crippen MR) is 96.5 cm³/mol. The lowest BCUT2D eigenvalue weighted by Gasteiger charge is -2.27. The Bertz CT molecular complexity index is 847. The lowest BCUT2D eigenvalue weighted by Crippen LogP contribution is -2.10. The third-order valence-corrected chi connectivity index (χ3v) is 5.27. The van der Waals surface area contributed by atoms with Gasteiger partial charge in [0.25, 0.3) is 0 Å². The fourth-order valence-corrected chi connectivity index (χ4v) is 4.29. The highest BCUT2D eigenvalue weighted by atomic mass is 14.5. The number of aryl methyl sites for hydroxylation is 1. The standard InChI is InChI=1S/C21H23N/c1-2-5-14-6-3-7-15-10-11-17-16-8-4-9-20(22)18(16)12-13-19(17)21(14)15/h4,8-14H,2-3,5-7,22H2,1H3. The normalized spacial score (nSPS) is 17.8. The molecule has 4 rings (SSSR count). The zero-order valence-electron chi connectivity index (χ0n) is 13.2. The number of nitrogens with two attached hydrogens (primary N) is 1. The van der Waals surface area contributed by atoms with Crippen LogP contribution in [0.3, 0.4) is 0 Å². The highest BCUT2D eigenvalue weighted by molar-refractivity contribution is 6.12. The van der Waals surface area contributed by atoms with Crippen LogP contribution in [-0.2, 0) is 6.42 Å². The topological polar surface area (TPSA) is 26.0 Å². The van der Waals surface area contributed by atoms with Gasteiger partial charge in [-0.3, -0.25) is 0 Å². The van der Waals surface area contributed by atoms with E-state index in [0.29, 0.717) is 0 Å². The van der Waals surface area contributed by atoms with Gasteiger partial charge in [-0.1, -0.05) is 49.7 Å². The van der Waals surface area contributed by atoms with Crippen molar-refractivity contribution in [2.45, 2.75) is 44.9 Å². The first-order valence-electron chi connectivity index (χ1n) is 8.52. The molecule has 1 aliphatic rings. The Labute approximate surface area is 132 Å². The third kappa shape index (κ3) is 1.99. The summed E-state index contributed by atoms with van der Waals surface area (Å²) in [6.45, 7) is 2.30. The first-order valence-corrected chi connectivity index (χ1v) is 8.52. The maximum atomic E-state index is 6.16. The van der Waals surface area contributed by atoms with Gasteiger partial charge < -0.3 is 5.73 Å². The molecule has 1 unspecified atom stereocenters. The molecular weight excluding hydrogens is 266 g/mol. The van der Waals surface area contributed by atoms with Crippen molar-refractivity contribution in [2.24, 2.45) is 0 Å². The van der Waals surface area contributed by atoms with E-state index in [0.717, 1.165) is 11.6 Å². The van der Waals surface area contributed by atoms with Crippen LogP contribution in [0.15, 0.2) is 42.5 Å². The van der Waals surface area contributed by atoms with Crippen molar-refractivity contribution >= 4 is 27.2 Å². The fraction of sp³-hybridized carbons (Fsp3) is 0.333. The number of hydrogen-bond donors (Lipinski definition) is 1. The van der Waals surface area contributed by atoms with Crippen LogP contribution in [-0.4, -0.2) is 0 Å². The molecule has 3 aromatic carbocycles. The van der Waals surface area contributed by atoms with E-state index in [-0.39, 0.29) is 0 Å². The minimum atomic E-state index is 0.732. The van der Waals surface area contributed by atoms with Crippen LogP contribution < -0.4 is 5.73 Å². The Morgan fingerprint density at radius 1 is 0.955 bits per heavy atom. The van der Waals surface area contributed by atoms with Gasteiger partial charge >= 0.3 is 0 Å². The molecule has 3 aromatic rings. The lowest BCUT2D eigenvalue weighted by molar-refractivity contribution is 0.519. The van der Waals surface area contributed by atoms with E-state index in [1.807, 2.05) is 6.07 Å². The molecule has 1 nitrogen and oxygen atoms in total. The molecule has 0 bridgehead atoms. The fourth-order valence-electron chi connectivity index (χ4n) is 4.29. The first-order chi connectivity index (χ1) is 10.8. The molecule has 0 aromatic heterocycles. The van der Waals surface area contributed by atoms with E-state index >= 15 is 0 Å². The summed E-state index contributed by atoms with van der Waals surface area (Å²) in [5, 5.41) is 5.29. The number of benzene rings is 3. The summed E-state index contributed by atoms with van der Waals surface area (Å²) in [5.74, 6) is 0.732. The summed E-state index contributed by atoms with van der Waals surface area (Å²) >= 11 is 0. The summed E-state index contributed by atoms with van der Waals surface area (Å²) in [6.07, 6.45) is 6.49. The van der Waals surface area contributed by atoms with Crippen molar-refractivity contribution in [1.82, 2.24) is 0 Å². The number of fused-ring (bicyclic) bond motifs is 5. The molecule has 1 atom stereocenters. The van der Waals surface area contributed by atoms with Gasteiger partial charge in [-0.05, 0) is 65.0 Å². The molecule has 0 amide bonds. The summed E-state index contributed by atoms with van der Waals surface area (Å²) in [7, 11) is 0. The van der Waals surface area contributed by atoms with Crippen LogP contribution in [0.1, 0.15) is 49.7 Å². The molecule has 2 N–H and O–H groups in total. The van der Waals surface area contributed by atoms with Crippen molar-refractivity contribution in [3.05, 3.63) is 53.6 Å². The average molecular weight is 289 g/mol. The Morgan fingerprint density at radius 3 is 2.59 bits per heavy atom. The molecule has 1 heteroatoms. The minimum absolute atomic E-state index is 0.732. The van der Waals surface area contributed by atoms with Crippen molar-refractivity contribution in [2.75, 3.05) is 5.73 Å². The third-order valence-electron chi connectivity index (χ3n) is 5.27. The van der Waals surface area contributed by atoms with Gasteiger partial charge in [-0.25, -0.2) is 0 Å². The van der Waals surface area contributed by atoms with Crippen LogP contribution >= 0.6 is 0 Å². The van der Waals surface area contributed by atoms with E-state index in [1.54, 1.807) is 11.1 Å². The summed E-state index contributed by atoms with van der Waals surface area (Å²) in [6, 6.07) is 15.5. The molecule has 0 radical (unpaired) electrons. The second-order valence-electron chi connectivity index (χ2n) is 6.62. The smallest absolute Gasteiger partial charge is 0.0393 e. The lowest BCUT2D eigenvalue weighted by atomic mass is 9.77. The van der Waals surface area contributed by atoms with E-state index in [1.165, 1.54) is 53.6 Å². The van der Waals surface area contributed by atoms with Crippen molar-refractivity contribution in [3.63, 3.8) is 0 Å². The van der Waals surface area contributed by atoms with Crippen molar-refractivity contribution in [1.29, 1.82) is 0 Å². The van der Waals surface area contributed by atoms with Crippen LogP contribution in [0.2, 0.25) is 0 Å². The Hall–Kier alpha value is -2.02. The highest BCUT2D eigenvalue weighted by Crippen LogP contribution is 2.41. The maximum Gasteiger partial charge on any atom is 0.0393 e. The number of nitrogen functional groups attached to an aromatic ring is 1. The van der Waals surface area contributed by atoms with Gasteiger partial charge in [-0.2, -0.15) is 0 Å². The van der Waals surface area contributed by atoms with E-state index in [2.05, 4.69) is 43.3 Å². The van der Waals surface area contributed by atoms with Crippen molar-refractivity contribution in [3.8, 4) is 0 Å². The summed E-state index contributed by atoms with van der Waals surface area (Å²) in [4.78, 5) is 0. The molecule has 0 aliphatic heterocycles. The molecule has 0 fully saturated rings. The first kappa shape index (κ1) is 13.6. The van der Waals surface area contributed by atoms with Gasteiger partial charge in [0.15, 0.2) is 0 Å². The average Bonchev–Trinajstić information content (AvgIpc) is 2.55. The highest BCUT2D eigenvalue weighted by Gasteiger charge is 2.22. The molecule has 112 valence electrons. The second-order valence-corrected chi connectivity index (χ2v) is 6.62. The Balaban J connectivity index is 2.05. The van der Waals surface area contributed by atoms with Gasteiger partial charge in [0.2, 0.25) is 0 Å². The van der Waals surface area contributed by atoms with Crippen LogP contribution in [0, 0.1) is 0 Å². The molecule has 0 heterocycles. The molecule has 22 heavy (non-hydrogen) atoms. The van der Waals surface area contributed by atoms with Gasteiger partial charge in [0.1, 0.15) is 0 Å². The van der Waals surface area contributed by atoms with E-state index in [9.17, 15) is 0 Å². The van der Waals surface area contributed by atoms with Crippen LogP contribution in [0.5, 0.6) is 0 Å². The van der Waals surface area contributed by atoms with Gasteiger partial charge in [0, 0.05) is 11.1 Å². The van der Waals surface area contributed by atoms with E-state index in [4.69, 9.17) is 5.73 Å². The van der Waals surface area contributed by atoms with Crippen molar-refractivity contribution < 1.29 is 0 Å². The maximum absolute atomic E-state index is 6.16. The Kier molecular flexibility index (Phi) is 3.29. The Morgan fingerprint density at radius 2 is 1.73 bits per heavy atom. The zero-order chi connectivity index (χ0) is 15.1. The summed E-state index contributed by atoms with van der Waals surface area (Å²) < 4.78 is 0. The minimum Gasteiger partial charge on any atom is -0.398 e. The van der Waals surface area contributed by atoms with Gasteiger partial charge in [-0.15, -0.1) is 0 Å². The van der Waals surface area contributed by atoms with Crippen LogP contribution in [0.4, 0.5) is 5.69 Å². The quantitative estimate of drug-likeness (QED) is 0.468. The summed E-state index contributed by atoms with van der Waals surface area (Å²) in [5.41, 5.74) is 10.2. The van der Waals surface area contributed by atoms with E-state index < -0.39 is 0 Å². The molecule has 0 saturated heterocycles. The predicted octanol–water partition coefficient (Wildman–Crippen LogP) is 5.80. The molecule has 0 saturated carbocycles. The largest absolute Gasteiger partial charge is 0.398 e. The SMILES string of the molecule is CCCC1CCCc2ccc3c(ccc4c(N)cccc43)c21. The number of anilines is 1.